The van der Waals surface area contributed by atoms with Gasteiger partial charge in [-0.05, 0) is 6.92 Å². The Morgan fingerprint density at radius 1 is 1.55 bits per heavy atom. The molecule has 0 aliphatic heterocycles. The van der Waals surface area contributed by atoms with Gasteiger partial charge in [0.25, 0.3) is 0 Å². The number of nitrogens with one attached hydrogen (secondary N) is 2. The summed E-state index contributed by atoms with van der Waals surface area (Å²) >= 11 is 0. The lowest BCUT2D eigenvalue weighted by Gasteiger charge is -2.05. The average molecular weight is 166 g/mol. The van der Waals surface area contributed by atoms with Crippen molar-refractivity contribution in [3.8, 4) is 0 Å². The summed E-state index contributed by atoms with van der Waals surface area (Å²) in [5.41, 5.74) is -0.973. The minimum absolute atomic E-state index is 0.280. The van der Waals surface area contributed by atoms with Crippen LogP contribution in [0.15, 0.2) is 11.8 Å². The Balaban J connectivity index is 4.27. The zero-order valence-electron chi connectivity index (χ0n) is 6.00. The van der Waals surface area contributed by atoms with Crippen molar-refractivity contribution < 1.29 is 13.2 Å². The number of allylic oxidation sites excluding steroid dienone is 1. The van der Waals surface area contributed by atoms with Crippen molar-refractivity contribution in [2.45, 2.75) is 13.1 Å². The molecular weight excluding hydrogens is 157 g/mol. The van der Waals surface area contributed by atoms with E-state index in [4.69, 9.17) is 5.41 Å². The standard InChI is InChI=1S/C6H9F3N2/c1-2-11-4-5(3-10)6(7,8)9/h3-4,10-11H,2H2,1H3/b5-4+,10-3?. The zero-order chi connectivity index (χ0) is 8.91. The maximum Gasteiger partial charge on any atom is 0.419 e. The molecule has 0 bridgehead atoms. The van der Waals surface area contributed by atoms with Gasteiger partial charge in [0.2, 0.25) is 0 Å². The summed E-state index contributed by atoms with van der Waals surface area (Å²) in [6.45, 7) is 2.09. The van der Waals surface area contributed by atoms with Gasteiger partial charge >= 0.3 is 6.18 Å². The van der Waals surface area contributed by atoms with Gasteiger partial charge in [-0.3, -0.25) is 0 Å². The van der Waals surface area contributed by atoms with Crippen LogP contribution in [0.2, 0.25) is 0 Å². The molecule has 0 radical (unpaired) electrons. The van der Waals surface area contributed by atoms with Crippen LogP contribution in [0.3, 0.4) is 0 Å². The van der Waals surface area contributed by atoms with E-state index in [0.717, 1.165) is 6.20 Å². The molecule has 0 aromatic carbocycles. The molecule has 0 rings (SSSR count). The topological polar surface area (TPSA) is 35.9 Å². The third kappa shape index (κ3) is 3.64. The molecule has 2 N–H and O–H groups in total. The highest BCUT2D eigenvalue weighted by atomic mass is 19.4. The molecule has 2 nitrogen and oxygen atoms in total. The maximum absolute atomic E-state index is 11.8. The molecule has 0 amide bonds. The van der Waals surface area contributed by atoms with Crippen molar-refractivity contribution in [3.05, 3.63) is 11.8 Å². The smallest absolute Gasteiger partial charge is 0.391 e. The predicted octanol–water partition coefficient (Wildman–Crippen LogP) is 1.69. The van der Waals surface area contributed by atoms with Crippen LogP contribution in [0.25, 0.3) is 0 Å². The second-order valence-corrected chi connectivity index (χ2v) is 1.80. The first-order valence-corrected chi connectivity index (χ1v) is 3.03. The second-order valence-electron chi connectivity index (χ2n) is 1.80. The van der Waals surface area contributed by atoms with E-state index in [1.54, 1.807) is 6.92 Å². The summed E-state index contributed by atoms with van der Waals surface area (Å²) < 4.78 is 35.4. The third-order valence-corrected chi connectivity index (χ3v) is 0.945. The van der Waals surface area contributed by atoms with Crippen molar-refractivity contribution in [2.24, 2.45) is 0 Å². The first-order valence-electron chi connectivity index (χ1n) is 3.03. The number of hydrogen-bond donors (Lipinski definition) is 2. The van der Waals surface area contributed by atoms with Crippen molar-refractivity contribution in [1.82, 2.24) is 5.32 Å². The molecular formula is C6H9F3N2. The highest BCUT2D eigenvalue weighted by molar-refractivity contribution is 5.77. The molecule has 0 fully saturated rings. The van der Waals surface area contributed by atoms with Crippen LogP contribution < -0.4 is 5.32 Å². The number of alkyl halides is 3. The molecule has 0 aromatic heterocycles. The van der Waals surface area contributed by atoms with Gasteiger partial charge in [-0.2, -0.15) is 13.2 Å². The normalized spacial score (nSPS) is 12.9. The quantitative estimate of drug-likeness (QED) is 0.615. The Kier molecular flexibility index (Phi) is 3.64. The van der Waals surface area contributed by atoms with E-state index in [-0.39, 0.29) is 6.21 Å². The van der Waals surface area contributed by atoms with Crippen LogP contribution in [-0.2, 0) is 0 Å². The molecule has 0 aliphatic carbocycles. The van der Waals surface area contributed by atoms with Gasteiger partial charge in [0.1, 0.15) is 0 Å². The third-order valence-electron chi connectivity index (χ3n) is 0.945. The second kappa shape index (κ2) is 4.00. The SMILES string of the molecule is CCN/C=C(\C=N)C(F)(F)F. The summed E-state index contributed by atoms with van der Waals surface area (Å²) in [6, 6.07) is 0. The fraction of sp³-hybridized carbons (Fsp3) is 0.500. The Bertz CT molecular complexity index is 160. The van der Waals surface area contributed by atoms with Crippen molar-refractivity contribution in [3.63, 3.8) is 0 Å². The van der Waals surface area contributed by atoms with Crippen LogP contribution in [0.4, 0.5) is 13.2 Å². The fourth-order valence-electron chi connectivity index (χ4n) is 0.417. The summed E-state index contributed by atoms with van der Waals surface area (Å²) in [7, 11) is 0. The van der Waals surface area contributed by atoms with E-state index in [0.29, 0.717) is 6.54 Å². The fourth-order valence-corrected chi connectivity index (χ4v) is 0.417. The van der Waals surface area contributed by atoms with Crippen LogP contribution in [-0.4, -0.2) is 18.9 Å². The molecule has 0 atom stereocenters. The van der Waals surface area contributed by atoms with E-state index in [1.165, 1.54) is 0 Å². The number of rotatable bonds is 3. The monoisotopic (exact) mass is 166 g/mol. The largest absolute Gasteiger partial charge is 0.419 e. The zero-order valence-corrected chi connectivity index (χ0v) is 6.00. The summed E-state index contributed by atoms with van der Waals surface area (Å²) in [6.07, 6.45) is -3.36. The molecule has 0 saturated carbocycles. The molecule has 0 unspecified atom stereocenters. The van der Waals surface area contributed by atoms with Gasteiger partial charge in [-0.15, -0.1) is 0 Å². The maximum atomic E-state index is 11.8. The predicted molar refractivity (Wildman–Crippen MR) is 36.6 cm³/mol. The Hall–Kier alpha value is -1.00. The van der Waals surface area contributed by atoms with Crippen LogP contribution in [0, 0.1) is 5.41 Å². The Morgan fingerprint density at radius 3 is 2.36 bits per heavy atom. The van der Waals surface area contributed by atoms with Crippen molar-refractivity contribution in [2.75, 3.05) is 6.54 Å². The Morgan fingerprint density at radius 2 is 2.09 bits per heavy atom. The first kappa shape index (κ1) is 10.0. The lowest BCUT2D eigenvalue weighted by molar-refractivity contribution is -0.0859. The summed E-state index contributed by atoms with van der Waals surface area (Å²) in [5.74, 6) is 0. The minimum atomic E-state index is -4.43. The number of halogens is 3. The summed E-state index contributed by atoms with van der Waals surface area (Å²) in [4.78, 5) is 0. The highest BCUT2D eigenvalue weighted by Gasteiger charge is 2.31. The molecule has 0 spiro atoms. The van der Waals surface area contributed by atoms with Gasteiger partial charge in [-0.25, -0.2) is 0 Å². The minimum Gasteiger partial charge on any atom is -0.391 e. The molecule has 64 valence electrons. The molecule has 0 saturated heterocycles. The van der Waals surface area contributed by atoms with E-state index in [9.17, 15) is 13.2 Å². The summed E-state index contributed by atoms with van der Waals surface area (Å²) in [5, 5.41) is 8.81. The number of hydrogen-bond acceptors (Lipinski definition) is 2. The molecule has 0 heterocycles. The van der Waals surface area contributed by atoms with Crippen LogP contribution >= 0.6 is 0 Å². The van der Waals surface area contributed by atoms with Crippen LogP contribution in [0.1, 0.15) is 6.92 Å². The lowest BCUT2D eigenvalue weighted by Crippen LogP contribution is -2.16. The molecule has 0 aliphatic rings. The van der Waals surface area contributed by atoms with E-state index < -0.39 is 11.7 Å². The van der Waals surface area contributed by atoms with E-state index >= 15 is 0 Å². The first-order chi connectivity index (χ1) is 5.02. The van der Waals surface area contributed by atoms with Gasteiger partial charge < -0.3 is 10.7 Å². The molecule has 5 heteroatoms. The molecule has 11 heavy (non-hydrogen) atoms. The van der Waals surface area contributed by atoms with Crippen LogP contribution in [0.5, 0.6) is 0 Å². The highest BCUT2D eigenvalue weighted by Crippen LogP contribution is 2.22. The molecule has 0 aromatic rings. The van der Waals surface area contributed by atoms with Gasteiger partial charge in [0, 0.05) is 19.0 Å². The van der Waals surface area contributed by atoms with Crippen molar-refractivity contribution in [1.29, 1.82) is 5.41 Å². The average Bonchev–Trinajstić information content (AvgIpc) is 1.87. The Labute approximate surface area is 62.6 Å². The van der Waals surface area contributed by atoms with E-state index in [1.807, 2.05) is 0 Å². The van der Waals surface area contributed by atoms with Gasteiger partial charge in [-0.1, -0.05) is 0 Å². The van der Waals surface area contributed by atoms with Crippen molar-refractivity contribution >= 4 is 6.21 Å². The van der Waals surface area contributed by atoms with Gasteiger partial charge in [0.15, 0.2) is 0 Å². The lowest BCUT2D eigenvalue weighted by atomic mass is 10.3. The van der Waals surface area contributed by atoms with E-state index in [2.05, 4.69) is 5.32 Å². The van der Waals surface area contributed by atoms with Gasteiger partial charge in [0.05, 0.1) is 5.57 Å².